The van der Waals surface area contributed by atoms with Gasteiger partial charge in [-0.1, -0.05) is 23.7 Å². The number of hydrazine groups is 1. The van der Waals surface area contributed by atoms with Crippen LogP contribution in [0.1, 0.15) is 10.4 Å². The van der Waals surface area contributed by atoms with Crippen LogP contribution < -0.4 is 10.9 Å². The van der Waals surface area contributed by atoms with E-state index in [1.165, 1.54) is 0 Å². The van der Waals surface area contributed by atoms with E-state index in [4.69, 9.17) is 11.6 Å². The zero-order valence-electron chi connectivity index (χ0n) is 9.84. The lowest BCUT2D eigenvalue weighted by atomic mass is 10.2. The summed E-state index contributed by atoms with van der Waals surface area (Å²) in [7, 11) is -3.26. The van der Waals surface area contributed by atoms with E-state index in [1.807, 2.05) is 0 Å². The number of halogens is 1. The molecule has 1 fully saturated rings. The van der Waals surface area contributed by atoms with Crippen molar-refractivity contribution in [2.45, 2.75) is 12.1 Å². The highest BCUT2D eigenvalue weighted by molar-refractivity contribution is 7.91. The number of carbonyl (C=O) groups excluding carboxylic acids is 1. The van der Waals surface area contributed by atoms with Crippen LogP contribution in [0.2, 0.25) is 5.02 Å². The second kappa shape index (κ2) is 5.46. The summed E-state index contributed by atoms with van der Waals surface area (Å²) < 4.78 is 22.6. The summed E-state index contributed by atoms with van der Waals surface area (Å²) in [5, 5.41) is 9.84. The molecule has 19 heavy (non-hydrogen) atoms. The van der Waals surface area contributed by atoms with Gasteiger partial charge in [0, 0.05) is 0 Å². The Morgan fingerprint density at radius 1 is 1.32 bits per heavy atom. The number of benzene rings is 1. The van der Waals surface area contributed by atoms with Gasteiger partial charge in [-0.3, -0.25) is 10.2 Å². The molecule has 1 aliphatic rings. The molecule has 0 unspecified atom stereocenters. The molecule has 2 rings (SSSR count). The molecular weight excluding hydrogens is 292 g/mol. The summed E-state index contributed by atoms with van der Waals surface area (Å²) in [5.41, 5.74) is 5.15. The Hall–Kier alpha value is -1.15. The predicted octanol–water partition coefficient (Wildman–Crippen LogP) is -0.268. The molecule has 1 aromatic carbocycles. The van der Waals surface area contributed by atoms with Crippen molar-refractivity contribution in [3.63, 3.8) is 0 Å². The van der Waals surface area contributed by atoms with Gasteiger partial charge >= 0.3 is 0 Å². The maximum atomic E-state index is 11.8. The third-order valence-electron chi connectivity index (χ3n) is 2.81. The summed E-state index contributed by atoms with van der Waals surface area (Å²) in [6.45, 7) is 0. The fourth-order valence-electron chi connectivity index (χ4n) is 1.84. The van der Waals surface area contributed by atoms with Crippen molar-refractivity contribution >= 4 is 27.3 Å². The van der Waals surface area contributed by atoms with E-state index in [0.717, 1.165) is 0 Å². The maximum absolute atomic E-state index is 11.8. The lowest BCUT2D eigenvalue weighted by Crippen LogP contribution is -2.49. The molecule has 104 valence electrons. The SMILES string of the molecule is O=C(NN[C@@H]1CS(=O)(=O)C[C@H]1O)c1ccccc1Cl. The van der Waals surface area contributed by atoms with Crippen LogP contribution in [0.4, 0.5) is 0 Å². The molecule has 1 aromatic rings. The van der Waals surface area contributed by atoms with E-state index in [-0.39, 0.29) is 17.1 Å². The van der Waals surface area contributed by atoms with Gasteiger partial charge in [-0.05, 0) is 12.1 Å². The Balaban J connectivity index is 1.97. The van der Waals surface area contributed by atoms with Gasteiger partial charge in [-0.25, -0.2) is 13.8 Å². The summed E-state index contributed by atoms with van der Waals surface area (Å²) in [6, 6.07) is 5.76. The molecular formula is C11H13ClN2O4S. The van der Waals surface area contributed by atoms with Crippen LogP contribution in [-0.2, 0) is 9.84 Å². The smallest absolute Gasteiger partial charge is 0.266 e. The Kier molecular flexibility index (Phi) is 4.10. The minimum Gasteiger partial charge on any atom is -0.390 e. The highest BCUT2D eigenvalue weighted by Gasteiger charge is 2.36. The first-order valence-electron chi connectivity index (χ1n) is 5.58. The molecule has 0 spiro atoms. The molecule has 0 aliphatic carbocycles. The van der Waals surface area contributed by atoms with Gasteiger partial charge in [-0.2, -0.15) is 0 Å². The van der Waals surface area contributed by atoms with Crippen LogP contribution in [0.15, 0.2) is 24.3 Å². The quantitative estimate of drug-likeness (QED) is 0.668. The van der Waals surface area contributed by atoms with E-state index >= 15 is 0 Å². The first kappa shape index (κ1) is 14.3. The largest absolute Gasteiger partial charge is 0.390 e. The Morgan fingerprint density at radius 2 is 2.00 bits per heavy atom. The third-order valence-corrected chi connectivity index (χ3v) is 4.86. The number of carbonyl (C=O) groups is 1. The average Bonchev–Trinajstić information content (AvgIpc) is 2.60. The van der Waals surface area contributed by atoms with Gasteiger partial charge in [0.1, 0.15) is 0 Å². The lowest BCUT2D eigenvalue weighted by molar-refractivity contribution is 0.0901. The van der Waals surface area contributed by atoms with Gasteiger partial charge in [0.15, 0.2) is 9.84 Å². The van der Waals surface area contributed by atoms with Crippen molar-refractivity contribution in [3.05, 3.63) is 34.9 Å². The van der Waals surface area contributed by atoms with Crippen molar-refractivity contribution in [1.82, 2.24) is 10.9 Å². The third kappa shape index (κ3) is 3.44. The van der Waals surface area contributed by atoms with E-state index in [1.54, 1.807) is 24.3 Å². The zero-order valence-corrected chi connectivity index (χ0v) is 11.4. The van der Waals surface area contributed by atoms with Gasteiger partial charge in [-0.15, -0.1) is 0 Å². The van der Waals surface area contributed by atoms with Crippen LogP contribution in [0.5, 0.6) is 0 Å². The van der Waals surface area contributed by atoms with Gasteiger partial charge < -0.3 is 5.11 Å². The number of aliphatic hydroxyl groups is 1. The van der Waals surface area contributed by atoms with Crippen molar-refractivity contribution in [1.29, 1.82) is 0 Å². The van der Waals surface area contributed by atoms with Crippen LogP contribution in [0, 0.1) is 0 Å². The van der Waals surface area contributed by atoms with Crippen LogP contribution >= 0.6 is 11.6 Å². The average molecular weight is 305 g/mol. The van der Waals surface area contributed by atoms with Crippen LogP contribution in [-0.4, -0.2) is 43.1 Å². The fraction of sp³-hybridized carbons (Fsp3) is 0.364. The maximum Gasteiger partial charge on any atom is 0.266 e. The summed E-state index contributed by atoms with van der Waals surface area (Å²) in [4.78, 5) is 11.8. The topological polar surface area (TPSA) is 95.5 Å². The molecule has 6 nitrogen and oxygen atoms in total. The number of sulfone groups is 1. The minimum atomic E-state index is -3.26. The summed E-state index contributed by atoms with van der Waals surface area (Å²) in [6.07, 6.45) is -1.03. The summed E-state index contributed by atoms with van der Waals surface area (Å²) in [5.74, 6) is -0.994. The van der Waals surface area contributed by atoms with Crippen molar-refractivity contribution in [2.75, 3.05) is 11.5 Å². The first-order valence-corrected chi connectivity index (χ1v) is 7.78. The number of hydrogen-bond donors (Lipinski definition) is 3. The van der Waals surface area contributed by atoms with E-state index < -0.39 is 27.9 Å². The van der Waals surface area contributed by atoms with Crippen molar-refractivity contribution < 1.29 is 18.3 Å². The number of amides is 1. The molecule has 1 aliphatic heterocycles. The molecule has 2 atom stereocenters. The molecule has 8 heteroatoms. The molecule has 0 aromatic heterocycles. The minimum absolute atomic E-state index is 0.211. The zero-order chi connectivity index (χ0) is 14.0. The summed E-state index contributed by atoms with van der Waals surface area (Å²) >= 11 is 5.85. The molecule has 1 heterocycles. The molecule has 1 saturated heterocycles. The highest BCUT2D eigenvalue weighted by atomic mass is 35.5. The van der Waals surface area contributed by atoms with Crippen LogP contribution in [0.3, 0.4) is 0 Å². The van der Waals surface area contributed by atoms with Crippen molar-refractivity contribution in [2.24, 2.45) is 0 Å². The number of rotatable bonds is 3. The van der Waals surface area contributed by atoms with Crippen molar-refractivity contribution in [3.8, 4) is 0 Å². The molecule has 0 saturated carbocycles. The number of nitrogens with one attached hydrogen (secondary N) is 2. The van der Waals surface area contributed by atoms with Gasteiger partial charge in [0.05, 0.1) is 34.2 Å². The monoisotopic (exact) mass is 304 g/mol. The van der Waals surface area contributed by atoms with Gasteiger partial charge in [0.25, 0.3) is 5.91 Å². The second-order valence-electron chi connectivity index (χ2n) is 4.33. The number of hydrogen-bond acceptors (Lipinski definition) is 5. The Bertz CT molecular complexity index is 590. The van der Waals surface area contributed by atoms with E-state index in [0.29, 0.717) is 5.02 Å². The molecule has 0 bridgehead atoms. The fourth-order valence-corrected chi connectivity index (χ4v) is 3.80. The van der Waals surface area contributed by atoms with Gasteiger partial charge in [0.2, 0.25) is 0 Å². The Morgan fingerprint density at radius 3 is 2.58 bits per heavy atom. The molecule has 0 radical (unpaired) electrons. The number of aliphatic hydroxyl groups excluding tert-OH is 1. The van der Waals surface area contributed by atoms with E-state index in [9.17, 15) is 18.3 Å². The van der Waals surface area contributed by atoms with Crippen LogP contribution in [0.25, 0.3) is 0 Å². The standard InChI is InChI=1S/C11H13ClN2O4S/c12-8-4-2-1-3-7(8)11(16)14-13-9-5-19(17,18)6-10(9)15/h1-4,9-10,13,15H,5-6H2,(H,14,16)/t9-,10-/m1/s1. The molecule has 3 N–H and O–H groups in total. The molecule has 1 amide bonds. The normalized spacial score (nSPS) is 25.2. The Labute approximate surface area is 115 Å². The first-order chi connectivity index (χ1) is 8.89. The highest BCUT2D eigenvalue weighted by Crippen LogP contribution is 2.15. The second-order valence-corrected chi connectivity index (χ2v) is 6.89. The van der Waals surface area contributed by atoms with E-state index in [2.05, 4.69) is 10.9 Å². The predicted molar refractivity (Wildman–Crippen MR) is 70.5 cm³/mol. The lowest BCUT2D eigenvalue weighted by Gasteiger charge is -2.15.